The number of nitrogens with one attached hydrogen (secondary N) is 2. The number of hydrogen-bond donors (Lipinski definition) is 3. The van der Waals surface area contributed by atoms with Crippen LogP contribution in [0.25, 0.3) is 0 Å². The van der Waals surface area contributed by atoms with Crippen molar-refractivity contribution in [3.05, 3.63) is 0 Å². The van der Waals surface area contributed by atoms with Gasteiger partial charge in [-0.2, -0.15) is 0 Å². The number of aliphatic imine (C=N–C) groups is 1. The molecular weight excluding hydrogens is 465 g/mol. The van der Waals surface area contributed by atoms with Crippen molar-refractivity contribution >= 4 is 35.8 Å². The lowest BCUT2D eigenvalue weighted by molar-refractivity contribution is -0.123. The predicted octanol–water partition coefficient (Wildman–Crippen LogP) is 2.96. The van der Waals surface area contributed by atoms with Crippen LogP contribution < -0.4 is 16.4 Å². The maximum Gasteiger partial charge on any atom is 0.221 e. The van der Waals surface area contributed by atoms with Gasteiger partial charge in [-0.25, -0.2) is 0 Å². The fourth-order valence-corrected chi connectivity index (χ4v) is 4.53. The summed E-state index contributed by atoms with van der Waals surface area (Å²) < 4.78 is 0. The Bertz CT molecular complexity index is 474. The van der Waals surface area contributed by atoms with E-state index >= 15 is 0 Å². The van der Waals surface area contributed by atoms with Crippen molar-refractivity contribution in [1.29, 1.82) is 0 Å². The van der Waals surface area contributed by atoms with Gasteiger partial charge in [-0.15, -0.1) is 24.0 Å². The fourth-order valence-electron chi connectivity index (χ4n) is 4.53. The van der Waals surface area contributed by atoms with E-state index in [1.165, 1.54) is 32.1 Å². The van der Waals surface area contributed by atoms with E-state index in [1.54, 1.807) is 0 Å². The van der Waals surface area contributed by atoms with Crippen LogP contribution in [0.3, 0.4) is 0 Å². The molecule has 0 spiro atoms. The number of nitrogens with two attached hydrogens (primary N) is 1. The maximum atomic E-state index is 11.4. The summed E-state index contributed by atoms with van der Waals surface area (Å²) in [4.78, 5) is 18.5. The molecule has 7 heteroatoms. The monoisotopic (exact) mass is 507 g/mol. The summed E-state index contributed by atoms with van der Waals surface area (Å²) in [5, 5.41) is 6.86. The van der Waals surface area contributed by atoms with Crippen LogP contribution in [-0.2, 0) is 4.79 Å². The molecule has 0 aromatic rings. The highest BCUT2D eigenvalue weighted by atomic mass is 127. The van der Waals surface area contributed by atoms with Crippen LogP contribution in [0.5, 0.6) is 0 Å². The second-order valence-corrected chi connectivity index (χ2v) is 8.51. The number of amides is 1. The number of nitrogens with zero attached hydrogens (tertiary/aromatic N) is 2. The Kier molecular flexibility index (Phi) is 13.1. The first-order valence-corrected chi connectivity index (χ1v) is 11.1. The third-order valence-corrected chi connectivity index (χ3v) is 6.04. The number of carbonyl (C=O) groups is 1. The molecule has 164 valence electrons. The van der Waals surface area contributed by atoms with Gasteiger partial charge in [0.25, 0.3) is 0 Å². The smallest absolute Gasteiger partial charge is 0.221 e. The van der Waals surface area contributed by atoms with Gasteiger partial charge in [-0.1, -0.05) is 26.2 Å². The average molecular weight is 508 g/mol. The Hall–Kier alpha value is -0.570. The van der Waals surface area contributed by atoms with Gasteiger partial charge in [-0.3, -0.25) is 9.79 Å². The minimum absolute atomic E-state index is 0. The lowest BCUT2D eigenvalue weighted by Crippen LogP contribution is -2.41. The SMILES string of the molecule is CCNC(=NCCCN1CCCC(C(N)=O)C1)NCCC1CCCC(C)C1.I. The zero-order valence-corrected chi connectivity index (χ0v) is 20.3. The second kappa shape index (κ2) is 14.4. The molecule has 1 aliphatic carbocycles. The number of primary amides is 1. The Labute approximate surface area is 188 Å². The highest BCUT2D eigenvalue weighted by Gasteiger charge is 2.23. The van der Waals surface area contributed by atoms with Gasteiger partial charge in [0, 0.05) is 26.2 Å². The van der Waals surface area contributed by atoms with Gasteiger partial charge in [0.15, 0.2) is 5.96 Å². The van der Waals surface area contributed by atoms with Crippen LogP contribution in [0.15, 0.2) is 4.99 Å². The van der Waals surface area contributed by atoms with E-state index in [4.69, 9.17) is 10.7 Å². The van der Waals surface area contributed by atoms with E-state index in [1.807, 2.05) is 0 Å². The van der Waals surface area contributed by atoms with Crippen molar-refractivity contribution in [3.8, 4) is 0 Å². The lowest BCUT2D eigenvalue weighted by Gasteiger charge is -2.30. The number of likely N-dealkylation sites (tertiary alicyclic amines) is 1. The molecule has 0 bridgehead atoms. The molecule has 2 rings (SSSR count). The zero-order chi connectivity index (χ0) is 19.5. The predicted molar refractivity (Wildman–Crippen MR) is 128 cm³/mol. The normalized spacial score (nSPS) is 26.4. The topological polar surface area (TPSA) is 82.8 Å². The molecular formula is C21H42IN5O. The Morgan fingerprint density at radius 3 is 2.75 bits per heavy atom. The lowest BCUT2D eigenvalue weighted by atomic mass is 9.81. The van der Waals surface area contributed by atoms with E-state index in [2.05, 4.69) is 29.4 Å². The van der Waals surface area contributed by atoms with Crippen LogP contribution in [0.2, 0.25) is 0 Å². The molecule has 1 amide bonds. The molecule has 1 saturated heterocycles. The van der Waals surface area contributed by atoms with Crippen molar-refractivity contribution < 1.29 is 4.79 Å². The number of halogens is 1. The van der Waals surface area contributed by atoms with E-state index < -0.39 is 0 Å². The van der Waals surface area contributed by atoms with Crippen LogP contribution in [0, 0.1) is 17.8 Å². The van der Waals surface area contributed by atoms with E-state index in [0.29, 0.717) is 0 Å². The maximum absolute atomic E-state index is 11.4. The van der Waals surface area contributed by atoms with Gasteiger partial charge in [0.1, 0.15) is 0 Å². The van der Waals surface area contributed by atoms with Crippen molar-refractivity contribution in [2.75, 3.05) is 39.3 Å². The van der Waals surface area contributed by atoms with E-state index in [0.717, 1.165) is 76.3 Å². The van der Waals surface area contributed by atoms with Crippen LogP contribution in [0.4, 0.5) is 0 Å². The first kappa shape index (κ1) is 25.5. The van der Waals surface area contributed by atoms with Crippen LogP contribution >= 0.6 is 24.0 Å². The summed E-state index contributed by atoms with van der Waals surface area (Å²) in [5.41, 5.74) is 5.46. The van der Waals surface area contributed by atoms with Gasteiger partial charge in [0.2, 0.25) is 5.91 Å². The highest BCUT2D eigenvalue weighted by molar-refractivity contribution is 14.0. The third-order valence-electron chi connectivity index (χ3n) is 6.04. The zero-order valence-electron chi connectivity index (χ0n) is 17.9. The second-order valence-electron chi connectivity index (χ2n) is 8.51. The summed E-state index contributed by atoms with van der Waals surface area (Å²) >= 11 is 0. The van der Waals surface area contributed by atoms with Crippen molar-refractivity contribution in [2.45, 2.75) is 65.2 Å². The largest absolute Gasteiger partial charge is 0.369 e. The summed E-state index contributed by atoms with van der Waals surface area (Å²) in [7, 11) is 0. The third kappa shape index (κ3) is 9.76. The molecule has 28 heavy (non-hydrogen) atoms. The van der Waals surface area contributed by atoms with Crippen LogP contribution in [-0.4, -0.2) is 56.0 Å². The minimum atomic E-state index is -0.149. The molecule has 4 N–H and O–H groups in total. The quantitative estimate of drug-likeness (QED) is 0.194. The summed E-state index contributed by atoms with van der Waals surface area (Å²) in [5.74, 6) is 2.60. The van der Waals surface area contributed by atoms with Crippen molar-refractivity contribution in [2.24, 2.45) is 28.5 Å². The van der Waals surface area contributed by atoms with E-state index in [-0.39, 0.29) is 35.8 Å². The van der Waals surface area contributed by atoms with Gasteiger partial charge < -0.3 is 21.3 Å². The molecule has 2 fully saturated rings. The molecule has 1 saturated carbocycles. The Morgan fingerprint density at radius 2 is 2.04 bits per heavy atom. The first-order chi connectivity index (χ1) is 13.1. The highest BCUT2D eigenvalue weighted by Crippen LogP contribution is 2.30. The number of carbonyl (C=O) groups excluding carboxylic acids is 1. The summed E-state index contributed by atoms with van der Waals surface area (Å²) in [6, 6.07) is 0. The number of piperidine rings is 1. The minimum Gasteiger partial charge on any atom is -0.369 e. The Balaban J connectivity index is 0.00000392. The molecule has 1 aliphatic heterocycles. The molecule has 1 heterocycles. The summed E-state index contributed by atoms with van der Waals surface area (Å²) in [6.45, 7) is 10.1. The molecule has 0 radical (unpaired) electrons. The van der Waals surface area contributed by atoms with Gasteiger partial charge >= 0.3 is 0 Å². The molecule has 0 aromatic carbocycles. The average Bonchev–Trinajstić information content (AvgIpc) is 2.65. The standard InChI is InChI=1S/C21H41N5O.HI/c1-3-23-21(25-12-10-18-8-4-7-17(2)15-18)24-11-6-14-26-13-5-9-19(16-26)20(22)27;/h17-19H,3-16H2,1-2H3,(H2,22,27)(H2,23,24,25);1H. The molecule has 3 atom stereocenters. The van der Waals surface area contributed by atoms with Crippen LogP contribution in [0.1, 0.15) is 65.2 Å². The fraction of sp³-hybridized carbons (Fsp3) is 0.905. The Morgan fingerprint density at radius 1 is 1.21 bits per heavy atom. The molecule has 3 unspecified atom stereocenters. The van der Waals surface area contributed by atoms with E-state index in [9.17, 15) is 4.79 Å². The van der Waals surface area contributed by atoms with Gasteiger partial charge in [0.05, 0.1) is 5.92 Å². The first-order valence-electron chi connectivity index (χ1n) is 11.1. The summed E-state index contributed by atoms with van der Waals surface area (Å²) in [6.07, 6.45) is 9.86. The number of guanidine groups is 1. The molecule has 6 nitrogen and oxygen atoms in total. The number of rotatable bonds is 9. The van der Waals surface area contributed by atoms with Gasteiger partial charge in [-0.05, 0) is 64.0 Å². The molecule has 0 aromatic heterocycles. The number of hydrogen-bond acceptors (Lipinski definition) is 3. The molecule has 2 aliphatic rings. The van der Waals surface area contributed by atoms with Crippen molar-refractivity contribution in [1.82, 2.24) is 15.5 Å². The van der Waals surface area contributed by atoms with Crippen molar-refractivity contribution in [3.63, 3.8) is 0 Å².